The van der Waals surface area contributed by atoms with Gasteiger partial charge in [0.2, 0.25) is 0 Å². The van der Waals surface area contributed by atoms with Gasteiger partial charge in [-0.15, -0.1) is 0 Å². The van der Waals surface area contributed by atoms with Crippen LogP contribution in [0.15, 0.2) is 48.5 Å². The number of nitrogen functional groups attached to an aromatic ring is 1. The fraction of sp³-hybridized carbons (Fsp3) is 0.200. The second kappa shape index (κ2) is 4.91. The summed E-state index contributed by atoms with van der Waals surface area (Å²) in [6, 6.07) is 15.3. The molecule has 0 heterocycles. The molecule has 0 bridgehead atoms. The Kier molecular flexibility index (Phi) is 3.33. The molecule has 0 amide bonds. The zero-order valence-corrected chi connectivity index (χ0v) is 9.93. The predicted molar refractivity (Wildman–Crippen MR) is 71.1 cm³/mol. The van der Waals surface area contributed by atoms with Crippen LogP contribution >= 0.6 is 0 Å². The normalized spacial score (nSPS) is 12.3. The fourth-order valence-corrected chi connectivity index (χ4v) is 2.22. The Balaban J connectivity index is 2.48. The van der Waals surface area contributed by atoms with Crippen LogP contribution in [0.2, 0.25) is 0 Å². The van der Waals surface area contributed by atoms with Gasteiger partial charge >= 0.3 is 0 Å². The highest BCUT2D eigenvalue weighted by Gasteiger charge is 2.17. The Morgan fingerprint density at radius 3 is 2.18 bits per heavy atom. The second-order valence-electron chi connectivity index (χ2n) is 4.15. The number of benzene rings is 2. The van der Waals surface area contributed by atoms with Gasteiger partial charge in [0, 0.05) is 17.2 Å². The van der Waals surface area contributed by atoms with E-state index in [1.54, 1.807) is 6.07 Å². The van der Waals surface area contributed by atoms with Gasteiger partial charge in [-0.1, -0.05) is 43.3 Å². The number of phenolic OH excluding ortho intramolecular Hbond substituents is 1. The van der Waals surface area contributed by atoms with Crippen LogP contribution in [0.4, 0.5) is 5.69 Å². The van der Waals surface area contributed by atoms with Crippen molar-refractivity contribution >= 4 is 5.69 Å². The number of anilines is 1. The molecular formula is C15H17NO. The number of aromatic hydroxyl groups is 1. The van der Waals surface area contributed by atoms with Crippen molar-refractivity contribution < 1.29 is 5.11 Å². The Morgan fingerprint density at radius 1 is 1.00 bits per heavy atom. The molecule has 0 aliphatic heterocycles. The van der Waals surface area contributed by atoms with Crippen LogP contribution in [-0.2, 0) is 0 Å². The molecule has 1 unspecified atom stereocenters. The lowest BCUT2D eigenvalue weighted by Crippen LogP contribution is -2.03. The van der Waals surface area contributed by atoms with Gasteiger partial charge in [-0.2, -0.15) is 0 Å². The molecule has 0 saturated carbocycles. The quantitative estimate of drug-likeness (QED) is 0.788. The number of para-hydroxylation sites is 2. The van der Waals surface area contributed by atoms with Crippen molar-refractivity contribution in [1.82, 2.24) is 0 Å². The molecule has 2 rings (SSSR count). The van der Waals surface area contributed by atoms with Crippen LogP contribution in [0.1, 0.15) is 30.4 Å². The van der Waals surface area contributed by atoms with Crippen LogP contribution in [0.5, 0.6) is 5.75 Å². The smallest absolute Gasteiger partial charge is 0.119 e. The molecule has 0 spiro atoms. The largest absolute Gasteiger partial charge is 0.508 e. The maximum Gasteiger partial charge on any atom is 0.119 e. The minimum absolute atomic E-state index is 0.150. The van der Waals surface area contributed by atoms with Crippen molar-refractivity contribution in [3.63, 3.8) is 0 Å². The van der Waals surface area contributed by atoms with Crippen LogP contribution in [0.25, 0.3) is 0 Å². The Morgan fingerprint density at radius 2 is 1.59 bits per heavy atom. The van der Waals surface area contributed by atoms with Crippen molar-refractivity contribution in [2.45, 2.75) is 19.3 Å². The molecule has 0 aliphatic rings. The molecular weight excluding hydrogens is 210 g/mol. The zero-order chi connectivity index (χ0) is 12.3. The Hall–Kier alpha value is -1.96. The number of nitrogens with two attached hydrogens (primary N) is 1. The van der Waals surface area contributed by atoms with E-state index in [1.807, 2.05) is 42.5 Å². The zero-order valence-electron chi connectivity index (χ0n) is 9.93. The lowest BCUT2D eigenvalue weighted by Gasteiger charge is -2.18. The van der Waals surface area contributed by atoms with E-state index >= 15 is 0 Å². The van der Waals surface area contributed by atoms with E-state index < -0.39 is 0 Å². The minimum atomic E-state index is 0.150. The fourth-order valence-electron chi connectivity index (χ4n) is 2.22. The van der Waals surface area contributed by atoms with Gasteiger partial charge < -0.3 is 10.8 Å². The summed E-state index contributed by atoms with van der Waals surface area (Å²) in [6.07, 6.45) is 0.909. The molecule has 1 atom stereocenters. The first kappa shape index (κ1) is 11.5. The van der Waals surface area contributed by atoms with Crippen molar-refractivity contribution in [2.75, 3.05) is 5.73 Å². The number of hydrogen-bond donors (Lipinski definition) is 2. The Bertz CT molecular complexity index is 462. The first-order valence-electron chi connectivity index (χ1n) is 5.86. The molecule has 0 aromatic heterocycles. The summed E-state index contributed by atoms with van der Waals surface area (Å²) in [4.78, 5) is 0. The Labute approximate surface area is 102 Å². The molecule has 3 N–H and O–H groups in total. The molecule has 2 nitrogen and oxygen atoms in total. The minimum Gasteiger partial charge on any atom is -0.508 e. The van der Waals surface area contributed by atoms with Crippen LogP contribution in [-0.4, -0.2) is 5.11 Å². The number of hydrogen-bond acceptors (Lipinski definition) is 2. The number of rotatable bonds is 3. The van der Waals surface area contributed by atoms with Gasteiger partial charge in [-0.05, 0) is 24.1 Å². The molecule has 2 heteroatoms. The molecule has 0 radical (unpaired) electrons. The SMILES string of the molecule is CCC(c1ccccc1N)c1ccccc1O. The van der Waals surface area contributed by atoms with E-state index in [1.165, 1.54) is 0 Å². The van der Waals surface area contributed by atoms with Gasteiger partial charge in [0.1, 0.15) is 5.75 Å². The first-order valence-corrected chi connectivity index (χ1v) is 5.86. The van der Waals surface area contributed by atoms with Gasteiger partial charge in [-0.3, -0.25) is 0 Å². The summed E-state index contributed by atoms with van der Waals surface area (Å²) in [5.41, 5.74) is 8.80. The van der Waals surface area contributed by atoms with Gasteiger partial charge in [-0.25, -0.2) is 0 Å². The molecule has 0 aliphatic carbocycles. The van der Waals surface area contributed by atoms with Gasteiger partial charge in [0.05, 0.1) is 0 Å². The van der Waals surface area contributed by atoms with E-state index in [0.717, 1.165) is 23.2 Å². The summed E-state index contributed by atoms with van der Waals surface area (Å²) >= 11 is 0. The van der Waals surface area contributed by atoms with E-state index in [-0.39, 0.29) is 5.92 Å². The molecule has 0 saturated heterocycles. The topological polar surface area (TPSA) is 46.2 Å². The van der Waals surface area contributed by atoms with E-state index in [4.69, 9.17) is 5.73 Å². The monoisotopic (exact) mass is 227 g/mol. The van der Waals surface area contributed by atoms with Crippen molar-refractivity contribution in [2.24, 2.45) is 0 Å². The van der Waals surface area contributed by atoms with Crippen molar-refractivity contribution in [3.05, 3.63) is 59.7 Å². The average molecular weight is 227 g/mol. The number of phenols is 1. The highest BCUT2D eigenvalue weighted by Crippen LogP contribution is 2.35. The molecule has 17 heavy (non-hydrogen) atoms. The average Bonchev–Trinajstić information content (AvgIpc) is 2.34. The van der Waals surface area contributed by atoms with Crippen LogP contribution in [0, 0.1) is 0 Å². The highest BCUT2D eigenvalue weighted by atomic mass is 16.3. The standard InChI is InChI=1S/C15H17NO/c1-2-11(12-7-3-5-9-14(12)16)13-8-4-6-10-15(13)17/h3-11,17H,2,16H2,1H3. The van der Waals surface area contributed by atoms with E-state index in [0.29, 0.717) is 5.75 Å². The van der Waals surface area contributed by atoms with E-state index in [2.05, 4.69) is 6.92 Å². The maximum absolute atomic E-state index is 9.92. The first-order chi connectivity index (χ1) is 8.24. The second-order valence-corrected chi connectivity index (χ2v) is 4.15. The molecule has 2 aromatic carbocycles. The summed E-state index contributed by atoms with van der Waals surface area (Å²) in [5.74, 6) is 0.486. The van der Waals surface area contributed by atoms with Crippen molar-refractivity contribution in [3.8, 4) is 5.75 Å². The lowest BCUT2D eigenvalue weighted by atomic mass is 9.87. The van der Waals surface area contributed by atoms with Crippen LogP contribution < -0.4 is 5.73 Å². The third kappa shape index (κ3) is 2.26. The molecule has 2 aromatic rings. The molecule has 0 fully saturated rings. The lowest BCUT2D eigenvalue weighted by molar-refractivity contribution is 0.464. The van der Waals surface area contributed by atoms with Crippen LogP contribution in [0.3, 0.4) is 0 Å². The third-order valence-electron chi connectivity index (χ3n) is 3.09. The summed E-state index contributed by atoms with van der Waals surface area (Å²) in [6.45, 7) is 2.10. The molecule has 88 valence electrons. The van der Waals surface area contributed by atoms with E-state index in [9.17, 15) is 5.11 Å². The highest BCUT2D eigenvalue weighted by molar-refractivity contribution is 5.53. The van der Waals surface area contributed by atoms with Gasteiger partial charge in [0.15, 0.2) is 0 Å². The summed E-state index contributed by atoms with van der Waals surface area (Å²) in [5, 5.41) is 9.92. The van der Waals surface area contributed by atoms with Crippen molar-refractivity contribution in [1.29, 1.82) is 0 Å². The predicted octanol–water partition coefficient (Wildman–Crippen LogP) is 3.52. The summed E-state index contributed by atoms with van der Waals surface area (Å²) in [7, 11) is 0. The summed E-state index contributed by atoms with van der Waals surface area (Å²) < 4.78 is 0. The van der Waals surface area contributed by atoms with Gasteiger partial charge in [0.25, 0.3) is 0 Å². The third-order valence-corrected chi connectivity index (χ3v) is 3.09. The maximum atomic E-state index is 9.92.